The highest BCUT2D eigenvalue weighted by atomic mass is 16.5. The molecule has 4 rings (SSSR count). The van der Waals surface area contributed by atoms with E-state index in [1.807, 2.05) is 18.2 Å². The van der Waals surface area contributed by atoms with Gasteiger partial charge in [-0.1, -0.05) is 18.2 Å². The SMILES string of the molecule is c1ccc2c(c1)Cc1c(ncnc1NCCC[C@@H]1CCOC1)CO2. The Morgan fingerprint density at radius 3 is 3.08 bits per heavy atom. The maximum atomic E-state index is 5.89. The van der Waals surface area contributed by atoms with Gasteiger partial charge in [-0.2, -0.15) is 0 Å². The summed E-state index contributed by atoms with van der Waals surface area (Å²) in [6, 6.07) is 8.19. The van der Waals surface area contributed by atoms with Crippen LogP contribution in [0.15, 0.2) is 30.6 Å². The molecule has 0 unspecified atom stereocenters. The van der Waals surface area contributed by atoms with Crippen LogP contribution in [-0.4, -0.2) is 29.7 Å². The van der Waals surface area contributed by atoms with Crippen molar-refractivity contribution in [3.05, 3.63) is 47.4 Å². The normalized spacial score (nSPS) is 19.1. The predicted molar refractivity (Wildman–Crippen MR) is 92.3 cm³/mol. The van der Waals surface area contributed by atoms with E-state index in [2.05, 4.69) is 21.4 Å². The van der Waals surface area contributed by atoms with Crippen molar-refractivity contribution in [1.29, 1.82) is 0 Å². The van der Waals surface area contributed by atoms with Crippen molar-refractivity contribution >= 4 is 5.82 Å². The molecule has 24 heavy (non-hydrogen) atoms. The molecule has 1 saturated heterocycles. The minimum absolute atomic E-state index is 0.503. The van der Waals surface area contributed by atoms with Gasteiger partial charge in [0.25, 0.3) is 0 Å². The fraction of sp³-hybridized carbons (Fsp3) is 0.474. The largest absolute Gasteiger partial charge is 0.487 e. The number of nitrogens with one attached hydrogen (secondary N) is 1. The van der Waals surface area contributed by atoms with Crippen molar-refractivity contribution < 1.29 is 9.47 Å². The minimum atomic E-state index is 0.503. The average Bonchev–Trinajstić information content (AvgIpc) is 3.05. The fourth-order valence-corrected chi connectivity index (χ4v) is 3.45. The topological polar surface area (TPSA) is 56.3 Å². The van der Waals surface area contributed by atoms with Crippen molar-refractivity contribution in [1.82, 2.24) is 9.97 Å². The molecular formula is C19H23N3O2. The Labute approximate surface area is 142 Å². The summed E-state index contributed by atoms with van der Waals surface area (Å²) < 4.78 is 11.3. The van der Waals surface area contributed by atoms with Gasteiger partial charge in [0.1, 0.15) is 24.5 Å². The summed E-state index contributed by atoms with van der Waals surface area (Å²) in [4.78, 5) is 8.90. The van der Waals surface area contributed by atoms with Crippen LogP contribution in [0.4, 0.5) is 5.82 Å². The number of fused-ring (bicyclic) bond motifs is 2. The average molecular weight is 325 g/mol. The first-order valence-corrected chi connectivity index (χ1v) is 8.75. The summed E-state index contributed by atoms with van der Waals surface area (Å²) in [6.07, 6.45) is 6.00. The van der Waals surface area contributed by atoms with Crippen LogP contribution >= 0.6 is 0 Å². The zero-order chi connectivity index (χ0) is 16.2. The molecule has 0 bridgehead atoms. The second-order valence-corrected chi connectivity index (χ2v) is 6.52. The quantitative estimate of drug-likeness (QED) is 0.856. The maximum absolute atomic E-state index is 5.89. The highest BCUT2D eigenvalue weighted by molar-refractivity contribution is 5.51. The number of anilines is 1. The van der Waals surface area contributed by atoms with Gasteiger partial charge in [-0.3, -0.25) is 0 Å². The van der Waals surface area contributed by atoms with Gasteiger partial charge in [-0.05, 0) is 36.8 Å². The molecule has 2 aliphatic heterocycles. The number of hydrogen-bond acceptors (Lipinski definition) is 5. The van der Waals surface area contributed by atoms with Crippen LogP contribution in [0.2, 0.25) is 0 Å². The number of nitrogens with zero attached hydrogens (tertiary/aromatic N) is 2. The van der Waals surface area contributed by atoms with E-state index in [9.17, 15) is 0 Å². The molecule has 5 heteroatoms. The molecule has 0 aliphatic carbocycles. The van der Waals surface area contributed by atoms with Gasteiger partial charge < -0.3 is 14.8 Å². The third kappa shape index (κ3) is 3.36. The third-order valence-electron chi connectivity index (χ3n) is 4.84. The van der Waals surface area contributed by atoms with Crippen LogP contribution in [0.1, 0.15) is 36.1 Å². The van der Waals surface area contributed by atoms with Crippen molar-refractivity contribution in [2.45, 2.75) is 32.3 Å². The smallest absolute Gasteiger partial charge is 0.133 e. The Kier molecular flexibility index (Phi) is 4.60. The molecular weight excluding hydrogens is 302 g/mol. The molecule has 0 saturated carbocycles. The Morgan fingerprint density at radius 1 is 1.21 bits per heavy atom. The van der Waals surface area contributed by atoms with Crippen LogP contribution in [0, 0.1) is 5.92 Å². The number of aromatic nitrogens is 2. The van der Waals surface area contributed by atoms with Crippen molar-refractivity contribution in [2.75, 3.05) is 25.1 Å². The maximum Gasteiger partial charge on any atom is 0.133 e. The summed E-state index contributed by atoms with van der Waals surface area (Å²) >= 11 is 0. The number of benzene rings is 1. The summed E-state index contributed by atoms with van der Waals surface area (Å²) in [5.74, 6) is 2.63. The van der Waals surface area contributed by atoms with Crippen molar-refractivity contribution in [3.63, 3.8) is 0 Å². The number of hydrogen-bond donors (Lipinski definition) is 1. The second kappa shape index (κ2) is 7.18. The van der Waals surface area contributed by atoms with E-state index in [1.54, 1.807) is 6.33 Å². The van der Waals surface area contributed by atoms with Crippen LogP contribution in [0.5, 0.6) is 5.75 Å². The molecule has 1 atom stereocenters. The molecule has 1 fully saturated rings. The Bertz CT molecular complexity index is 699. The van der Waals surface area contributed by atoms with E-state index in [0.29, 0.717) is 6.61 Å². The first kappa shape index (κ1) is 15.4. The Hall–Kier alpha value is -2.14. The van der Waals surface area contributed by atoms with Gasteiger partial charge in [-0.25, -0.2) is 9.97 Å². The van der Waals surface area contributed by atoms with Crippen molar-refractivity contribution in [3.8, 4) is 5.75 Å². The molecule has 0 spiro atoms. The first-order chi connectivity index (χ1) is 11.9. The lowest BCUT2D eigenvalue weighted by molar-refractivity contribution is 0.184. The molecule has 126 valence electrons. The summed E-state index contributed by atoms with van der Waals surface area (Å²) in [5.41, 5.74) is 3.33. The zero-order valence-electron chi connectivity index (χ0n) is 13.8. The van der Waals surface area contributed by atoms with Gasteiger partial charge in [-0.15, -0.1) is 0 Å². The lowest BCUT2D eigenvalue weighted by atomic mass is 10.0. The lowest BCUT2D eigenvalue weighted by Gasteiger charge is -2.13. The van der Waals surface area contributed by atoms with E-state index in [-0.39, 0.29) is 0 Å². The van der Waals surface area contributed by atoms with Gasteiger partial charge in [0.05, 0.1) is 5.69 Å². The summed E-state index contributed by atoms with van der Waals surface area (Å²) in [7, 11) is 0. The van der Waals surface area contributed by atoms with Crippen LogP contribution in [-0.2, 0) is 17.8 Å². The molecule has 0 radical (unpaired) electrons. The molecule has 1 N–H and O–H groups in total. The molecule has 3 heterocycles. The molecule has 2 aliphatic rings. The van der Waals surface area contributed by atoms with Crippen LogP contribution < -0.4 is 10.1 Å². The second-order valence-electron chi connectivity index (χ2n) is 6.52. The minimum Gasteiger partial charge on any atom is -0.487 e. The van der Waals surface area contributed by atoms with E-state index in [4.69, 9.17) is 9.47 Å². The molecule has 2 aromatic rings. The molecule has 0 amide bonds. The summed E-state index contributed by atoms with van der Waals surface area (Å²) in [6.45, 7) is 3.29. The summed E-state index contributed by atoms with van der Waals surface area (Å²) in [5, 5.41) is 3.51. The van der Waals surface area contributed by atoms with Crippen LogP contribution in [0.25, 0.3) is 0 Å². The van der Waals surface area contributed by atoms with E-state index >= 15 is 0 Å². The highest BCUT2D eigenvalue weighted by Gasteiger charge is 2.19. The highest BCUT2D eigenvalue weighted by Crippen LogP contribution is 2.30. The zero-order valence-corrected chi connectivity index (χ0v) is 13.8. The monoisotopic (exact) mass is 325 g/mol. The fourth-order valence-electron chi connectivity index (χ4n) is 3.45. The van der Waals surface area contributed by atoms with Gasteiger partial charge >= 0.3 is 0 Å². The number of para-hydroxylation sites is 1. The van der Waals surface area contributed by atoms with Gasteiger partial charge in [0, 0.05) is 31.7 Å². The first-order valence-electron chi connectivity index (χ1n) is 8.75. The Morgan fingerprint density at radius 2 is 2.17 bits per heavy atom. The standard InChI is InChI=1S/C19H23N3O2/c1-2-6-18-15(5-1)10-16-17(12-24-18)21-13-22-19(16)20-8-3-4-14-7-9-23-11-14/h1-2,5-6,13-14H,3-4,7-12H2,(H,20,21,22)/t14-/m1/s1. The lowest BCUT2D eigenvalue weighted by Crippen LogP contribution is -2.11. The predicted octanol–water partition coefficient (Wildman–Crippen LogP) is 3.19. The van der Waals surface area contributed by atoms with Gasteiger partial charge in [0.15, 0.2) is 0 Å². The van der Waals surface area contributed by atoms with E-state index < -0.39 is 0 Å². The Balaban J connectivity index is 1.43. The number of rotatable bonds is 5. The molecule has 1 aromatic carbocycles. The number of ether oxygens (including phenoxy) is 2. The van der Waals surface area contributed by atoms with E-state index in [1.165, 1.54) is 18.4 Å². The van der Waals surface area contributed by atoms with Gasteiger partial charge in [0.2, 0.25) is 0 Å². The van der Waals surface area contributed by atoms with Crippen LogP contribution in [0.3, 0.4) is 0 Å². The van der Waals surface area contributed by atoms with Crippen molar-refractivity contribution in [2.24, 2.45) is 5.92 Å². The molecule has 5 nitrogen and oxygen atoms in total. The molecule has 1 aromatic heterocycles. The third-order valence-corrected chi connectivity index (χ3v) is 4.84. The van der Waals surface area contributed by atoms with E-state index in [0.717, 1.165) is 61.3 Å².